The number of rotatable bonds is 2. The molecule has 0 radical (unpaired) electrons. The van der Waals surface area contributed by atoms with Gasteiger partial charge in [0.2, 0.25) is 5.95 Å². The normalized spacial score (nSPS) is 14.3. The summed E-state index contributed by atoms with van der Waals surface area (Å²) in [5.74, 6) is 0.254. The van der Waals surface area contributed by atoms with E-state index in [0.29, 0.717) is 6.04 Å². The van der Waals surface area contributed by atoms with Crippen LogP contribution in [0.4, 0.5) is 5.95 Å². The number of aryl methyl sites for hydroxylation is 1. The molecule has 0 amide bonds. The average molecular weight is 402 g/mol. The molecule has 0 bridgehead atoms. The lowest BCUT2D eigenvalue weighted by atomic mass is 9.97. The second kappa shape index (κ2) is 9.00. The Kier molecular flexibility index (Phi) is 5.99. The van der Waals surface area contributed by atoms with E-state index >= 15 is 0 Å². The largest absolute Gasteiger partial charge is 0.368 e. The zero-order chi connectivity index (χ0) is 20.9. The summed E-state index contributed by atoms with van der Waals surface area (Å²) in [4.78, 5) is 17.0. The minimum Gasteiger partial charge on any atom is -0.368 e. The Bertz CT molecular complexity index is 1120. The number of hydrogen-bond acceptors (Lipinski definition) is 6. The van der Waals surface area contributed by atoms with E-state index in [0.717, 1.165) is 33.7 Å². The molecule has 7 heteroatoms. The summed E-state index contributed by atoms with van der Waals surface area (Å²) in [6.07, 6.45) is 15.8. The van der Waals surface area contributed by atoms with E-state index < -0.39 is 0 Å². The van der Waals surface area contributed by atoms with Crippen molar-refractivity contribution in [2.24, 2.45) is 5.73 Å². The molecular formula is C23H27N7. The quantitative estimate of drug-likeness (QED) is 0.525. The summed E-state index contributed by atoms with van der Waals surface area (Å²) in [5.41, 5.74) is 17.0. The maximum absolute atomic E-state index is 5.74. The van der Waals surface area contributed by atoms with E-state index in [4.69, 9.17) is 11.5 Å². The summed E-state index contributed by atoms with van der Waals surface area (Å²) in [6.45, 7) is 1.96. The monoisotopic (exact) mass is 401 g/mol. The van der Waals surface area contributed by atoms with Crippen LogP contribution in [0.2, 0.25) is 0 Å². The van der Waals surface area contributed by atoms with Crippen molar-refractivity contribution in [3.63, 3.8) is 0 Å². The highest BCUT2D eigenvalue weighted by Gasteiger charge is 2.12. The van der Waals surface area contributed by atoms with Crippen molar-refractivity contribution in [3.05, 3.63) is 60.8 Å². The maximum Gasteiger partial charge on any atom is 0.220 e. The number of imidazole rings is 1. The van der Waals surface area contributed by atoms with E-state index in [2.05, 4.69) is 19.9 Å². The molecule has 4 heterocycles. The molecule has 1 aliphatic carbocycles. The molecule has 0 atom stereocenters. The predicted molar refractivity (Wildman–Crippen MR) is 120 cm³/mol. The topological polar surface area (TPSA) is 108 Å². The standard InChI is InChI=1S/C17H14N6.C6H13N/c1-11-7-21-17(18)22-16(11)14-9-20-15-5-4-13(10-23(14)15)12-3-2-6-19-8-12;7-6-4-2-1-3-5-6/h2-10H,1H3,(H2,18,21,22);6H,1-5,7H2. The van der Waals surface area contributed by atoms with Crippen LogP contribution in [0, 0.1) is 6.92 Å². The summed E-state index contributed by atoms with van der Waals surface area (Å²) < 4.78 is 2.01. The van der Waals surface area contributed by atoms with E-state index in [1.165, 1.54) is 32.1 Å². The first-order valence-electron chi connectivity index (χ1n) is 10.3. The third kappa shape index (κ3) is 4.46. The maximum atomic E-state index is 5.74. The fourth-order valence-electron chi connectivity index (χ4n) is 3.71. The Hall–Kier alpha value is -3.32. The van der Waals surface area contributed by atoms with Crippen molar-refractivity contribution in [2.75, 3.05) is 5.73 Å². The second-order valence-electron chi connectivity index (χ2n) is 7.69. The van der Waals surface area contributed by atoms with Gasteiger partial charge in [-0.1, -0.05) is 25.3 Å². The van der Waals surface area contributed by atoms with E-state index in [1.54, 1.807) is 18.6 Å². The summed E-state index contributed by atoms with van der Waals surface area (Å²) in [7, 11) is 0. The summed E-state index contributed by atoms with van der Waals surface area (Å²) >= 11 is 0. The molecule has 1 fully saturated rings. The van der Waals surface area contributed by atoms with Gasteiger partial charge in [-0.05, 0) is 43.5 Å². The highest BCUT2D eigenvalue weighted by molar-refractivity contribution is 5.68. The number of nitrogens with two attached hydrogens (primary N) is 2. The van der Waals surface area contributed by atoms with E-state index in [9.17, 15) is 0 Å². The van der Waals surface area contributed by atoms with Crippen LogP contribution in [0.5, 0.6) is 0 Å². The molecule has 0 saturated heterocycles. The van der Waals surface area contributed by atoms with Crippen LogP contribution in [0.1, 0.15) is 37.7 Å². The number of hydrogen-bond donors (Lipinski definition) is 2. The third-order valence-electron chi connectivity index (χ3n) is 5.38. The number of pyridine rings is 2. The van der Waals surface area contributed by atoms with Crippen LogP contribution in [-0.2, 0) is 0 Å². The average Bonchev–Trinajstić information content (AvgIpc) is 3.20. The smallest absolute Gasteiger partial charge is 0.220 e. The third-order valence-corrected chi connectivity index (χ3v) is 5.38. The number of anilines is 1. The van der Waals surface area contributed by atoms with Gasteiger partial charge < -0.3 is 11.5 Å². The molecule has 1 aliphatic rings. The molecule has 0 aromatic carbocycles. The van der Waals surface area contributed by atoms with Gasteiger partial charge in [0.1, 0.15) is 5.65 Å². The molecule has 4 N–H and O–H groups in total. The van der Waals surface area contributed by atoms with Crippen LogP contribution in [-0.4, -0.2) is 30.4 Å². The minimum absolute atomic E-state index is 0.254. The molecule has 4 aromatic rings. The van der Waals surface area contributed by atoms with Crippen LogP contribution >= 0.6 is 0 Å². The first-order valence-corrected chi connectivity index (χ1v) is 10.3. The van der Waals surface area contributed by atoms with Crippen molar-refractivity contribution < 1.29 is 0 Å². The zero-order valence-corrected chi connectivity index (χ0v) is 17.2. The number of nitrogen functional groups attached to an aromatic ring is 1. The van der Waals surface area contributed by atoms with Gasteiger partial charge in [-0.25, -0.2) is 15.0 Å². The molecule has 0 aliphatic heterocycles. The first-order chi connectivity index (χ1) is 14.6. The van der Waals surface area contributed by atoms with Gasteiger partial charge in [0.15, 0.2) is 0 Å². The SMILES string of the molecule is Cc1cnc(N)nc1-c1cnc2ccc(-c3cccnc3)cn12.NC1CCCCC1. The number of aromatic nitrogens is 5. The second-order valence-corrected chi connectivity index (χ2v) is 7.69. The molecule has 5 rings (SSSR count). The molecule has 7 nitrogen and oxygen atoms in total. The van der Waals surface area contributed by atoms with Gasteiger partial charge in [0, 0.05) is 42.0 Å². The molecule has 154 valence electrons. The molecule has 0 spiro atoms. The molecular weight excluding hydrogens is 374 g/mol. The van der Waals surface area contributed by atoms with Crippen molar-refractivity contribution in [3.8, 4) is 22.5 Å². The Morgan fingerprint density at radius 1 is 0.967 bits per heavy atom. The lowest BCUT2D eigenvalue weighted by molar-refractivity contribution is 0.441. The lowest BCUT2D eigenvalue weighted by Crippen LogP contribution is -2.22. The first kappa shape index (κ1) is 20.0. The highest BCUT2D eigenvalue weighted by atomic mass is 15.0. The van der Waals surface area contributed by atoms with Crippen LogP contribution in [0.25, 0.3) is 28.2 Å². The van der Waals surface area contributed by atoms with E-state index in [-0.39, 0.29) is 5.95 Å². The van der Waals surface area contributed by atoms with Crippen LogP contribution in [0.3, 0.4) is 0 Å². The lowest BCUT2D eigenvalue weighted by Gasteiger charge is -2.15. The molecule has 1 saturated carbocycles. The van der Waals surface area contributed by atoms with Crippen molar-refractivity contribution in [2.45, 2.75) is 45.1 Å². The number of nitrogens with zero attached hydrogens (tertiary/aromatic N) is 5. The van der Waals surface area contributed by atoms with E-state index in [1.807, 2.05) is 48.0 Å². The van der Waals surface area contributed by atoms with Gasteiger partial charge in [-0.3, -0.25) is 9.38 Å². The minimum atomic E-state index is 0.254. The van der Waals surface area contributed by atoms with Crippen LogP contribution < -0.4 is 11.5 Å². The van der Waals surface area contributed by atoms with Gasteiger partial charge in [0.25, 0.3) is 0 Å². The Morgan fingerprint density at radius 2 is 1.80 bits per heavy atom. The van der Waals surface area contributed by atoms with Crippen molar-refractivity contribution >= 4 is 11.6 Å². The van der Waals surface area contributed by atoms with Crippen molar-refractivity contribution in [1.29, 1.82) is 0 Å². The number of fused-ring (bicyclic) bond motifs is 1. The van der Waals surface area contributed by atoms with Gasteiger partial charge in [-0.2, -0.15) is 0 Å². The fraction of sp³-hybridized carbons (Fsp3) is 0.304. The fourth-order valence-corrected chi connectivity index (χ4v) is 3.71. The summed E-state index contributed by atoms with van der Waals surface area (Å²) in [6, 6.07) is 8.49. The zero-order valence-electron chi connectivity index (χ0n) is 17.2. The highest BCUT2D eigenvalue weighted by Crippen LogP contribution is 2.25. The van der Waals surface area contributed by atoms with Crippen LogP contribution in [0.15, 0.2) is 55.2 Å². The van der Waals surface area contributed by atoms with Gasteiger partial charge in [-0.15, -0.1) is 0 Å². The predicted octanol–water partition coefficient (Wildman–Crippen LogP) is 4.02. The van der Waals surface area contributed by atoms with Gasteiger partial charge in [0.05, 0.1) is 17.6 Å². The molecule has 4 aromatic heterocycles. The Labute approximate surface area is 176 Å². The summed E-state index contributed by atoms with van der Waals surface area (Å²) in [5, 5.41) is 0. The van der Waals surface area contributed by atoms with Gasteiger partial charge >= 0.3 is 0 Å². The Balaban J connectivity index is 0.000000265. The Morgan fingerprint density at radius 3 is 2.50 bits per heavy atom. The molecule has 0 unspecified atom stereocenters. The van der Waals surface area contributed by atoms with Crippen molar-refractivity contribution in [1.82, 2.24) is 24.3 Å². The molecule has 30 heavy (non-hydrogen) atoms.